The van der Waals surface area contributed by atoms with Gasteiger partial charge in [-0.05, 0) is 48.5 Å². The number of aromatic nitrogens is 2. The third kappa shape index (κ3) is 5.19. The van der Waals surface area contributed by atoms with E-state index in [1.54, 1.807) is 60.9 Å². The average Bonchev–Trinajstić information content (AvgIpc) is 3.55. The molecule has 0 aliphatic heterocycles. The van der Waals surface area contributed by atoms with E-state index in [1.165, 1.54) is 0 Å². The molecule has 2 aromatic heterocycles. The largest absolute Gasteiger partial charge is 0.358 e. The number of benzene rings is 2. The molecule has 36 heavy (non-hydrogen) atoms. The minimum Gasteiger partial charge on any atom is -0.358 e. The third-order valence-electron chi connectivity index (χ3n) is 5.41. The number of hydrogen-bond donors (Lipinski definition) is 6. The van der Waals surface area contributed by atoms with E-state index in [4.69, 9.17) is 34.7 Å². The van der Waals surface area contributed by atoms with Crippen LogP contribution >= 0.6 is 23.2 Å². The molecule has 0 atom stereocenters. The van der Waals surface area contributed by atoms with E-state index in [2.05, 4.69) is 20.6 Å². The van der Waals surface area contributed by atoms with Crippen molar-refractivity contribution in [3.05, 3.63) is 82.4 Å². The summed E-state index contributed by atoms with van der Waals surface area (Å²) < 4.78 is 0. The molecule has 4 rings (SSSR count). The lowest BCUT2D eigenvalue weighted by Gasteiger charge is -2.13. The Kier molecular flexibility index (Phi) is 7.56. The van der Waals surface area contributed by atoms with Gasteiger partial charge in [0.25, 0.3) is 0 Å². The summed E-state index contributed by atoms with van der Waals surface area (Å²) in [4.78, 5) is 43.7. The first-order valence-corrected chi connectivity index (χ1v) is 11.6. The first-order valence-electron chi connectivity index (χ1n) is 10.8. The van der Waals surface area contributed by atoms with Gasteiger partial charge in [0.05, 0.1) is 24.5 Å². The highest BCUT2D eigenvalue weighted by molar-refractivity contribution is 6.31. The van der Waals surface area contributed by atoms with Crippen molar-refractivity contribution in [2.75, 3.05) is 23.7 Å². The Morgan fingerprint density at radius 1 is 0.667 bits per heavy atom. The molecule has 0 unspecified atom stereocenters. The smallest absolute Gasteiger partial charge is 0.238 e. The molecule has 0 saturated carbocycles. The number of hydrogen-bond acceptors (Lipinski definition) is 5. The Hall–Kier alpha value is -3.89. The molecule has 2 heterocycles. The summed E-state index contributed by atoms with van der Waals surface area (Å²) >= 11 is 12.5. The first-order chi connectivity index (χ1) is 17.3. The second kappa shape index (κ2) is 10.8. The van der Waals surface area contributed by atoms with Crippen molar-refractivity contribution < 1.29 is 14.4 Å². The minimum absolute atomic E-state index is 0.199. The summed E-state index contributed by atoms with van der Waals surface area (Å²) in [6, 6.07) is 13.3. The molecule has 0 saturated heterocycles. The fourth-order valence-electron chi connectivity index (χ4n) is 3.79. The summed E-state index contributed by atoms with van der Waals surface area (Å²) in [6.07, 6.45) is 3.24. The number of H-pyrrole nitrogens is 2. The molecule has 2 aromatic carbocycles. The molecule has 0 aliphatic rings. The number of aromatic amines is 2. The number of rotatable bonds is 8. The lowest BCUT2D eigenvalue weighted by Crippen LogP contribution is -2.22. The van der Waals surface area contributed by atoms with Gasteiger partial charge in [-0.1, -0.05) is 23.2 Å². The minimum atomic E-state index is -0.387. The van der Waals surface area contributed by atoms with Crippen LogP contribution in [0, 0.1) is 0 Å². The number of anilines is 2. The molecule has 9 nitrogen and oxygen atoms in total. The van der Waals surface area contributed by atoms with Crippen LogP contribution in [0.2, 0.25) is 10.0 Å². The predicted molar refractivity (Wildman–Crippen MR) is 141 cm³/mol. The van der Waals surface area contributed by atoms with E-state index in [0.717, 1.165) is 0 Å². The van der Waals surface area contributed by atoms with Gasteiger partial charge in [-0.3, -0.25) is 14.4 Å². The third-order valence-corrected chi connectivity index (χ3v) is 5.88. The first kappa shape index (κ1) is 25.2. The molecule has 0 aliphatic carbocycles. The molecule has 11 heteroatoms. The number of amides is 2. The van der Waals surface area contributed by atoms with Gasteiger partial charge in [0.1, 0.15) is 0 Å². The lowest BCUT2D eigenvalue weighted by molar-refractivity contribution is -0.115. The number of carbonyl (C=O) groups is 3. The SMILES string of the molecule is NCC(=O)Nc1ccc(Cl)cc1-c1cc[nH]c1C(=O)c1[nH]ccc1-c1cc(Cl)ccc1NC(=O)CN. The predicted octanol–water partition coefficient (Wildman–Crippen LogP) is 4.01. The summed E-state index contributed by atoms with van der Waals surface area (Å²) in [7, 11) is 0. The van der Waals surface area contributed by atoms with Crippen molar-refractivity contribution in [2.45, 2.75) is 0 Å². The Bertz CT molecular complexity index is 1350. The topological polar surface area (TPSA) is 159 Å². The molecule has 8 N–H and O–H groups in total. The molecule has 0 spiro atoms. The summed E-state index contributed by atoms with van der Waals surface area (Å²) in [5.41, 5.74) is 14.5. The van der Waals surface area contributed by atoms with Crippen LogP contribution in [0.3, 0.4) is 0 Å². The second-order valence-electron chi connectivity index (χ2n) is 7.75. The van der Waals surface area contributed by atoms with Crippen molar-refractivity contribution in [1.29, 1.82) is 0 Å². The van der Waals surface area contributed by atoms with E-state index in [0.29, 0.717) is 43.7 Å². The van der Waals surface area contributed by atoms with E-state index in [1.807, 2.05) is 0 Å². The average molecular weight is 525 g/mol. The molecule has 2 amide bonds. The zero-order valence-electron chi connectivity index (χ0n) is 18.8. The maximum absolute atomic E-state index is 13.8. The standard InChI is InChI=1S/C25H22Cl2N6O3/c26-13-1-3-19(32-21(34)11-28)17(9-13)15-5-7-30-23(15)25(36)24-16(6-8-31-24)18-10-14(27)2-4-20(18)33-22(35)12-29/h1-10,30-31H,11-12,28-29H2,(H,32,34)(H,33,35). The normalized spacial score (nSPS) is 10.8. The van der Waals surface area contributed by atoms with Crippen molar-refractivity contribution in [1.82, 2.24) is 9.97 Å². The molecule has 0 bridgehead atoms. The Morgan fingerprint density at radius 3 is 1.47 bits per heavy atom. The fraction of sp³-hybridized carbons (Fsp3) is 0.0800. The monoisotopic (exact) mass is 524 g/mol. The fourth-order valence-corrected chi connectivity index (χ4v) is 4.13. The van der Waals surface area contributed by atoms with Crippen molar-refractivity contribution >= 4 is 52.2 Å². The molecule has 0 radical (unpaired) electrons. The van der Waals surface area contributed by atoms with Gasteiger partial charge in [-0.15, -0.1) is 0 Å². The molecule has 184 valence electrons. The van der Waals surface area contributed by atoms with Crippen molar-refractivity contribution in [3.63, 3.8) is 0 Å². The van der Waals surface area contributed by atoms with Crippen LogP contribution in [0.1, 0.15) is 16.2 Å². The van der Waals surface area contributed by atoms with E-state index < -0.39 is 0 Å². The van der Waals surface area contributed by atoms with Crippen LogP contribution in [-0.2, 0) is 9.59 Å². The summed E-state index contributed by atoms with van der Waals surface area (Å²) in [5.74, 6) is -1.13. The number of carbonyl (C=O) groups excluding carboxylic acids is 3. The van der Waals surface area contributed by atoms with Crippen molar-refractivity contribution in [2.24, 2.45) is 11.5 Å². The van der Waals surface area contributed by atoms with Crippen LogP contribution in [0.25, 0.3) is 22.3 Å². The lowest BCUT2D eigenvalue weighted by atomic mass is 9.97. The molecular formula is C25H22Cl2N6O3. The highest BCUT2D eigenvalue weighted by atomic mass is 35.5. The van der Waals surface area contributed by atoms with E-state index >= 15 is 0 Å². The van der Waals surface area contributed by atoms with Crippen molar-refractivity contribution in [3.8, 4) is 22.3 Å². The number of halogens is 2. The van der Waals surface area contributed by atoms with Gasteiger partial charge in [-0.25, -0.2) is 0 Å². The summed E-state index contributed by atoms with van der Waals surface area (Å²) in [5, 5.41) is 6.31. The molecule has 4 aromatic rings. The number of nitrogens with two attached hydrogens (primary N) is 2. The van der Waals surface area contributed by atoms with Gasteiger partial charge >= 0.3 is 0 Å². The Balaban J connectivity index is 1.79. The maximum atomic E-state index is 13.8. The van der Waals surface area contributed by atoms with Gasteiger partial charge in [-0.2, -0.15) is 0 Å². The van der Waals surface area contributed by atoms with Gasteiger partial charge in [0.2, 0.25) is 17.6 Å². The number of ketones is 1. The van der Waals surface area contributed by atoms with Gasteiger partial charge in [0.15, 0.2) is 0 Å². The Labute approximate surface area is 216 Å². The van der Waals surface area contributed by atoms with Gasteiger partial charge in [0, 0.05) is 56.1 Å². The van der Waals surface area contributed by atoms with Crippen LogP contribution in [0.15, 0.2) is 60.9 Å². The van der Waals surface area contributed by atoms with Gasteiger partial charge < -0.3 is 32.1 Å². The van der Waals surface area contributed by atoms with Crippen LogP contribution in [0.5, 0.6) is 0 Å². The summed E-state index contributed by atoms with van der Waals surface area (Å²) in [6.45, 7) is -0.398. The van der Waals surface area contributed by atoms with Crippen LogP contribution in [0.4, 0.5) is 11.4 Å². The Morgan fingerprint density at radius 2 is 1.08 bits per heavy atom. The zero-order valence-corrected chi connectivity index (χ0v) is 20.3. The molecular weight excluding hydrogens is 503 g/mol. The number of nitrogens with one attached hydrogen (secondary N) is 4. The highest BCUT2D eigenvalue weighted by Crippen LogP contribution is 2.37. The quantitative estimate of drug-likeness (QED) is 0.192. The van der Waals surface area contributed by atoms with E-state index in [9.17, 15) is 14.4 Å². The van der Waals surface area contributed by atoms with Crippen LogP contribution in [-0.4, -0.2) is 40.7 Å². The van der Waals surface area contributed by atoms with Crippen LogP contribution < -0.4 is 22.1 Å². The maximum Gasteiger partial charge on any atom is 0.238 e. The van der Waals surface area contributed by atoms with E-state index in [-0.39, 0.29) is 42.1 Å². The second-order valence-corrected chi connectivity index (χ2v) is 8.62. The molecule has 0 fully saturated rings. The highest BCUT2D eigenvalue weighted by Gasteiger charge is 2.24. The zero-order chi connectivity index (χ0) is 25.8.